The third-order valence-electron chi connectivity index (χ3n) is 14.9. The Labute approximate surface area is 365 Å². The van der Waals surface area contributed by atoms with Crippen molar-refractivity contribution in [1.29, 1.82) is 0 Å². The molecule has 3 heteroatoms. The van der Waals surface area contributed by atoms with Crippen molar-refractivity contribution in [2.24, 2.45) is 0 Å². The van der Waals surface area contributed by atoms with Gasteiger partial charge in [0.1, 0.15) is 11.2 Å². The van der Waals surface area contributed by atoms with Gasteiger partial charge in [-0.25, -0.2) is 0 Å². The van der Waals surface area contributed by atoms with Gasteiger partial charge in [-0.05, 0) is 115 Å². The predicted octanol–water partition coefficient (Wildman–Crippen LogP) is 16.5. The van der Waals surface area contributed by atoms with Gasteiger partial charge in [0.15, 0.2) is 0 Å². The van der Waals surface area contributed by atoms with Crippen LogP contribution in [0, 0.1) is 0 Å². The van der Waals surface area contributed by atoms with Crippen LogP contribution in [0.5, 0.6) is 0 Å². The van der Waals surface area contributed by atoms with Crippen LogP contribution in [0.25, 0.3) is 93.2 Å². The molecule has 0 spiro atoms. The molecule has 0 aliphatic heterocycles. The summed E-state index contributed by atoms with van der Waals surface area (Å²) >= 11 is 0. The van der Waals surface area contributed by atoms with Gasteiger partial charge in [0, 0.05) is 55.4 Å². The largest absolute Gasteiger partial charge is 0.456 e. The molecule has 0 radical (unpaired) electrons. The molecular formula is C60H42N2O. The fourth-order valence-corrected chi connectivity index (χ4v) is 12.0. The Morgan fingerprint density at radius 2 is 0.984 bits per heavy atom. The number of rotatable bonds is 4. The Kier molecular flexibility index (Phi) is 6.70. The first kappa shape index (κ1) is 35.0. The van der Waals surface area contributed by atoms with Gasteiger partial charge in [0.2, 0.25) is 0 Å². The van der Waals surface area contributed by atoms with Gasteiger partial charge in [-0.3, -0.25) is 0 Å². The summed E-state index contributed by atoms with van der Waals surface area (Å²) in [7, 11) is 0. The van der Waals surface area contributed by atoms with E-state index in [1.54, 1.807) is 0 Å². The highest BCUT2D eigenvalue weighted by Gasteiger charge is 2.39. The molecule has 2 aliphatic rings. The Hall–Kier alpha value is -7.62. The van der Waals surface area contributed by atoms with Crippen LogP contribution in [0.1, 0.15) is 49.9 Å². The Morgan fingerprint density at radius 1 is 0.397 bits per heavy atom. The highest BCUT2D eigenvalue weighted by molar-refractivity contribution is 6.33. The number of para-hydroxylation sites is 1. The van der Waals surface area contributed by atoms with Crippen molar-refractivity contribution < 1.29 is 4.42 Å². The molecule has 2 aromatic heterocycles. The van der Waals surface area contributed by atoms with E-state index in [4.69, 9.17) is 4.42 Å². The highest BCUT2D eigenvalue weighted by Crippen LogP contribution is 2.56. The molecule has 0 N–H and O–H groups in total. The lowest BCUT2D eigenvalue weighted by molar-refractivity contribution is 0.660. The van der Waals surface area contributed by atoms with E-state index >= 15 is 0 Å². The number of anilines is 3. The number of hydrogen-bond acceptors (Lipinski definition) is 2. The molecule has 2 aliphatic carbocycles. The molecule has 0 atom stereocenters. The normalized spacial score (nSPS) is 14.6. The van der Waals surface area contributed by atoms with E-state index in [9.17, 15) is 0 Å². The number of benzene rings is 10. The molecular weight excluding hydrogens is 765 g/mol. The molecule has 10 aromatic carbocycles. The highest BCUT2D eigenvalue weighted by atomic mass is 16.3. The minimum absolute atomic E-state index is 0.130. The zero-order chi connectivity index (χ0) is 41.9. The van der Waals surface area contributed by atoms with E-state index in [0.29, 0.717) is 0 Å². The van der Waals surface area contributed by atoms with Crippen molar-refractivity contribution >= 4 is 82.4 Å². The van der Waals surface area contributed by atoms with E-state index in [1.165, 1.54) is 93.3 Å². The van der Waals surface area contributed by atoms with Gasteiger partial charge in [-0.1, -0.05) is 149 Å². The van der Waals surface area contributed by atoms with Crippen LogP contribution in [0.15, 0.2) is 186 Å². The number of aromatic nitrogens is 1. The second-order valence-electron chi connectivity index (χ2n) is 18.9. The zero-order valence-electron chi connectivity index (χ0n) is 35.6. The summed E-state index contributed by atoms with van der Waals surface area (Å²) in [6.07, 6.45) is 0. The molecule has 14 rings (SSSR count). The lowest BCUT2D eigenvalue weighted by Crippen LogP contribution is -2.17. The first-order valence-corrected chi connectivity index (χ1v) is 22.2. The monoisotopic (exact) mass is 806 g/mol. The molecule has 0 saturated heterocycles. The predicted molar refractivity (Wildman–Crippen MR) is 264 cm³/mol. The van der Waals surface area contributed by atoms with Crippen molar-refractivity contribution in [1.82, 2.24) is 4.57 Å². The van der Waals surface area contributed by atoms with Crippen LogP contribution in [0.2, 0.25) is 0 Å². The summed E-state index contributed by atoms with van der Waals surface area (Å²) in [5, 5.41) is 9.77. The average Bonchev–Trinajstić information content (AvgIpc) is 4.00. The number of nitrogens with zero attached hydrogens (tertiary/aromatic N) is 2. The maximum absolute atomic E-state index is 6.72. The van der Waals surface area contributed by atoms with Crippen LogP contribution in [0.3, 0.4) is 0 Å². The summed E-state index contributed by atoms with van der Waals surface area (Å²) in [6.45, 7) is 9.49. The third kappa shape index (κ3) is 4.49. The fraction of sp³-hybridized carbons (Fsp3) is 0.100. The van der Waals surface area contributed by atoms with Gasteiger partial charge in [-0.15, -0.1) is 0 Å². The summed E-state index contributed by atoms with van der Waals surface area (Å²) in [5.41, 5.74) is 19.2. The Morgan fingerprint density at radius 3 is 1.83 bits per heavy atom. The van der Waals surface area contributed by atoms with Gasteiger partial charge in [0.05, 0.1) is 22.4 Å². The van der Waals surface area contributed by atoms with Crippen molar-refractivity contribution in [3.05, 3.63) is 204 Å². The smallest absolute Gasteiger partial charge is 0.138 e. The summed E-state index contributed by atoms with van der Waals surface area (Å²) < 4.78 is 9.16. The van der Waals surface area contributed by atoms with Gasteiger partial charge >= 0.3 is 0 Å². The Balaban J connectivity index is 1.03. The number of furan rings is 1. The van der Waals surface area contributed by atoms with Crippen LogP contribution in [0.4, 0.5) is 17.1 Å². The van der Waals surface area contributed by atoms with Crippen molar-refractivity contribution in [3.8, 4) is 27.9 Å². The lowest BCUT2D eigenvalue weighted by atomic mass is 9.82. The van der Waals surface area contributed by atoms with Crippen LogP contribution >= 0.6 is 0 Å². The maximum Gasteiger partial charge on any atom is 0.138 e. The summed E-state index contributed by atoms with van der Waals surface area (Å²) in [6, 6.07) is 67.9. The SMILES string of the molecule is CC1(C)c2ccccc2-c2ccc(N(c3ccc4c(c3)c3ccccc3n4-c3cc4oc5cccc6c7ccccc7c(c3)c4c56)c3cccc4c3-c3ccccc3C4(C)C)cc21. The number of fused-ring (bicyclic) bond motifs is 12. The second kappa shape index (κ2) is 12.1. The van der Waals surface area contributed by atoms with Crippen molar-refractivity contribution in [2.45, 2.75) is 38.5 Å². The van der Waals surface area contributed by atoms with Gasteiger partial charge < -0.3 is 13.9 Å². The molecule has 3 nitrogen and oxygen atoms in total. The first-order chi connectivity index (χ1) is 30.8. The lowest BCUT2D eigenvalue weighted by Gasteiger charge is -2.30. The van der Waals surface area contributed by atoms with Crippen LogP contribution in [-0.4, -0.2) is 4.57 Å². The Bertz CT molecular complexity index is 3930. The molecule has 12 aromatic rings. The molecule has 2 heterocycles. The topological polar surface area (TPSA) is 21.3 Å². The molecule has 298 valence electrons. The second-order valence-corrected chi connectivity index (χ2v) is 18.9. The quantitative estimate of drug-likeness (QED) is 0.165. The van der Waals surface area contributed by atoms with Gasteiger partial charge in [-0.2, -0.15) is 0 Å². The minimum atomic E-state index is -0.138. The van der Waals surface area contributed by atoms with Crippen LogP contribution < -0.4 is 4.90 Å². The summed E-state index contributed by atoms with van der Waals surface area (Å²) in [5.74, 6) is 0. The molecule has 0 saturated carbocycles. The standard InChI is InChI=1S/C60H42N2O/c1-59(2)48-22-11-8-19-44(48)56-49(59)23-14-25-53(56)61(36-27-29-41-40-17-7-10-21-47(40)60(3,4)50(41)33-36)35-28-30-52-45(31-35)42-18-9-12-24-51(42)62(52)37-32-46-39-16-6-5-15-38(39)43-20-13-26-54-57(43)58(46)55(34-37)63-54/h5-34H,1-4H3. The fourth-order valence-electron chi connectivity index (χ4n) is 12.0. The molecule has 0 amide bonds. The maximum atomic E-state index is 6.72. The third-order valence-corrected chi connectivity index (χ3v) is 14.9. The summed E-state index contributed by atoms with van der Waals surface area (Å²) in [4.78, 5) is 2.53. The van der Waals surface area contributed by atoms with Gasteiger partial charge in [0.25, 0.3) is 0 Å². The minimum Gasteiger partial charge on any atom is -0.456 e. The molecule has 0 unspecified atom stereocenters. The van der Waals surface area contributed by atoms with Crippen LogP contribution in [-0.2, 0) is 10.8 Å². The van der Waals surface area contributed by atoms with E-state index in [1.807, 2.05) is 0 Å². The van der Waals surface area contributed by atoms with E-state index in [2.05, 4.69) is 219 Å². The molecule has 0 bridgehead atoms. The number of hydrogen-bond donors (Lipinski definition) is 0. The van der Waals surface area contributed by atoms with Crippen molar-refractivity contribution in [3.63, 3.8) is 0 Å². The molecule has 0 fully saturated rings. The van der Waals surface area contributed by atoms with Crippen molar-refractivity contribution in [2.75, 3.05) is 4.90 Å². The van der Waals surface area contributed by atoms with E-state index < -0.39 is 0 Å². The molecule has 63 heavy (non-hydrogen) atoms. The van der Waals surface area contributed by atoms with E-state index in [0.717, 1.165) is 39.3 Å². The average molecular weight is 807 g/mol. The van der Waals surface area contributed by atoms with E-state index in [-0.39, 0.29) is 10.8 Å². The zero-order valence-corrected chi connectivity index (χ0v) is 35.6. The first-order valence-electron chi connectivity index (χ1n) is 22.2.